The number of nitrogens with one attached hydrogen (secondary N) is 1. The summed E-state index contributed by atoms with van der Waals surface area (Å²) >= 11 is 6.04. The molecule has 0 saturated heterocycles. The van der Waals surface area contributed by atoms with Gasteiger partial charge in [0.1, 0.15) is 6.54 Å². The molecule has 0 atom stereocenters. The lowest BCUT2D eigenvalue weighted by Crippen LogP contribution is -2.42. The van der Waals surface area contributed by atoms with Crippen LogP contribution in [0.5, 0.6) is 0 Å². The second kappa shape index (κ2) is 6.94. The van der Waals surface area contributed by atoms with Crippen molar-refractivity contribution in [2.24, 2.45) is 0 Å². The highest BCUT2D eigenvalue weighted by molar-refractivity contribution is 6.31. The quantitative estimate of drug-likeness (QED) is 0.927. The molecule has 0 unspecified atom stereocenters. The second-order valence-electron chi connectivity index (χ2n) is 5.60. The van der Waals surface area contributed by atoms with E-state index < -0.39 is 0 Å². The molecule has 0 radical (unpaired) electrons. The van der Waals surface area contributed by atoms with Gasteiger partial charge in [0.25, 0.3) is 0 Å². The monoisotopic (exact) mass is 308 g/mol. The zero-order valence-corrected chi connectivity index (χ0v) is 13.2. The Morgan fingerprint density at radius 3 is 2.57 bits per heavy atom. The maximum absolute atomic E-state index is 12.1. The van der Waals surface area contributed by atoms with Crippen LogP contribution in [-0.4, -0.2) is 29.3 Å². The molecular formula is C16H21ClN2O2. The Balaban J connectivity index is 1.98. The lowest BCUT2D eigenvalue weighted by Gasteiger charge is -2.27. The number of halogens is 1. The molecule has 1 aromatic rings. The first-order chi connectivity index (χ1) is 9.97. The molecule has 5 heteroatoms. The van der Waals surface area contributed by atoms with E-state index in [9.17, 15) is 9.59 Å². The summed E-state index contributed by atoms with van der Waals surface area (Å²) in [5.41, 5.74) is 1.62. The summed E-state index contributed by atoms with van der Waals surface area (Å²) in [6.45, 7) is 3.53. The lowest BCUT2D eigenvalue weighted by molar-refractivity contribution is -0.135. The summed E-state index contributed by atoms with van der Waals surface area (Å²) < 4.78 is 0. The molecule has 4 nitrogen and oxygen atoms in total. The van der Waals surface area contributed by atoms with Gasteiger partial charge in [-0.15, -0.1) is 0 Å². The van der Waals surface area contributed by atoms with E-state index in [0.717, 1.165) is 31.2 Å². The highest BCUT2D eigenvalue weighted by Gasteiger charge is 2.26. The Hall–Kier alpha value is -1.55. The fraction of sp³-hybridized carbons (Fsp3) is 0.500. The molecule has 1 saturated carbocycles. The molecule has 1 N–H and O–H groups in total. The van der Waals surface area contributed by atoms with Gasteiger partial charge in [-0.1, -0.05) is 30.5 Å². The van der Waals surface area contributed by atoms with Crippen molar-refractivity contribution in [3.8, 4) is 0 Å². The molecule has 114 valence electrons. The third-order valence-electron chi connectivity index (χ3n) is 3.94. The summed E-state index contributed by atoms with van der Waals surface area (Å²) in [4.78, 5) is 25.6. The van der Waals surface area contributed by atoms with Crippen molar-refractivity contribution in [2.45, 2.75) is 45.6 Å². The average Bonchev–Trinajstić information content (AvgIpc) is 2.93. The van der Waals surface area contributed by atoms with Crippen LogP contribution in [-0.2, 0) is 9.59 Å². The molecule has 0 aliphatic heterocycles. The third-order valence-corrected chi connectivity index (χ3v) is 4.35. The molecule has 1 aliphatic carbocycles. The topological polar surface area (TPSA) is 49.4 Å². The molecular weight excluding hydrogens is 288 g/mol. The van der Waals surface area contributed by atoms with Gasteiger partial charge in [0.15, 0.2) is 0 Å². The molecule has 2 rings (SSSR count). The predicted molar refractivity (Wildman–Crippen MR) is 84.5 cm³/mol. The second-order valence-corrected chi connectivity index (χ2v) is 6.00. The minimum atomic E-state index is -0.183. The van der Waals surface area contributed by atoms with Crippen molar-refractivity contribution >= 4 is 29.1 Å². The van der Waals surface area contributed by atoms with Gasteiger partial charge in [-0.05, 0) is 37.5 Å². The largest absolute Gasteiger partial charge is 0.331 e. The standard InChI is InChI=1S/C16H21ClN2O2/c1-11-7-8-13(9-15(11)17)18-16(21)10-19(12(2)20)14-5-3-4-6-14/h7-9,14H,3-6,10H2,1-2H3,(H,18,21). The number of amides is 2. The van der Waals surface area contributed by atoms with E-state index in [0.29, 0.717) is 10.7 Å². The number of hydrogen-bond donors (Lipinski definition) is 1. The summed E-state index contributed by atoms with van der Waals surface area (Å²) in [6, 6.07) is 5.60. The Labute approximate surface area is 130 Å². The van der Waals surface area contributed by atoms with E-state index in [1.807, 2.05) is 19.1 Å². The van der Waals surface area contributed by atoms with Gasteiger partial charge >= 0.3 is 0 Å². The van der Waals surface area contributed by atoms with Crippen LogP contribution in [0.3, 0.4) is 0 Å². The zero-order chi connectivity index (χ0) is 15.4. The number of nitrogens with zero attached hydrogens (tertiary/aromatic N) is 1. The van der Waals surface area contributed by atoms with Gasteiger partial charge < -0.3 is 10.2 Å². The number of hydrogen-bond acceptors (Lipinski definition) is 2. The van der Waals surface area contributed by atoms with Crippen molar-refractivity contribution < 1.29 is 9.59 Å². The van der Waals surface area contributed by atoms with Gasteiger partial charge in [-0.2, -0.15) is 0 Å². The minimum Gasteiger partial charge on any atom is -0.331 e. The summed E-state index contributed by atoms with van der Waals surface area (Å²) in [5, 5.41) is 3.42. The van der Waals surface area contributed by atoms with Gasteiger partial charge in [0.2, 0.25) is 11.8 Å². The van der Waals surface area contributed by atoms with Crippen molar-refractivity contribution in [3.63, 3.8) is 0 Å². The molecule has 2 amide bonds. The summed E-state index contributed by atoms with van der Waals surface area (Å²) in [7, 11) is 0. The molecule has 0 aromatic heterocycles. The SMILES string of the molecule is CC(=O)N(CC(=O)Nc1ccc(C)c(Cl)c1)C1CCCC1. The third kappa shape index (κ3) is 4.21. The maximum atomic E-state index is 12.1. The Bertz CT molecular complexity index is 539. The molecule has 0 bridgehead atoms. The van der Waals surface area contributed by atoms with E-state index in [1.54, 1.807) is 11.0 Å². The van der Waals surface area contributed by atoms with Crippen molar-refractivity contribution in [2.75, 3.05) is 11.9 Å². The van der Waals surface area contributed by atoms with E-state index >= 15 is 0 Å². The lowest BCUT2D eigenvalue weighted by atomic mass is 10.2. The molecule has 1 fully saturated rings. The van der Waals surface area contributed by atoms with E-state index in [2.05, 4.69) is 5.32 Å². The highest BCUT2D eigenvalue weighted by atomic mass is 35.5. The first-order valence-corrected chi connectivity index (χ1v) is 7.68. The Morgan fingerprint density at radius 1 is 1.33 bits per heavy atom. The van der Waals surface area contributed by atoms with Gasteiger partial charge in [0, 0.05) is 23.7 Å². The number of aryl methyl sites for hydroxylation is 1. The van der Waals surface area contributed by atoms with Crippen LogP contribution in [0.25, 0.3) is 0 Å². The van der Waals surface area contributed by atoms with Crippen LogP contribution in [0.2, 0.25) is 5.02 Å². The van der Waals surface area contributed by atoms with Crippen LogP contribution >= 0.6 is 11.6 Å². The first kappa shape index (κ1) is 15.8. The van der Waals surface area contributed by atoms with Crippen LogP contribution in [0.15, 0.2) is 18.2 Å². The number of anilines is 1. The van der Waals surface area contributed by atoms with Crippen LogP contribution in [0.1, 0.15) is 38.2 Å². The van der Waals surface area contributed by atoms with Crippen LogP contribution < -0.4 is 5.32 Å². The number of carbonyl (C=O) groups excluding carboxylic acids is 2. The fourth-order valence-electron chi connectivity index (χ4n) is 2.74. The maximum Gasteiger partial charge on any atom is 0.244 e. The number of benzene rings is 1. The fourth-order valence-corrected chi connectivity index (χ4v) is 2.92. The van der Waals surface area contributed by atoms with Crippen LogP contribution in [0.4, 0.5) is 5.69 Å². The highest BCUT2D eigenvalue weighted by Crippen LogP contribution is 2.24. The number of rotatable bonds is 4. The molecule has 1 aromatic carbocycles. The predicted octanol–water partition coefficient (Wildman–Crippen LogP) is 3.38. The number of carbonyl (C=O) groups is 2. The van der Waals surface area contributed by atoms with Crippen LogP contribution in [0, 0.1) is 6.92 Å². The summed E-state index contributed by atoms with van der Waals surface area (Å²) in [5.74, 6) is -0.226. The van der Waals surface area contributed by atoms with Gasteiger partial charge in [0.05, 0.1) is 0 Å². The minimum absolute atomic E-state index is 0.0426. The Kier molecular flexibility index (Phi) is 5.23. The van der Waals surface area contributed by atoms with E-state index in [-0.39, 0.29) is 24.4 Å². The smallest absolute Gasteiger partial charge is 0.244 e. The van der Waals surface area contributed by atoms with E-state index in [4.69, 9.17) is 11.6 Å². The van der Waals surface area contributed by atoms with E-state index in [1.165, 1.54) is 6.92 Å². The normalized spacial score (nSPS) is 15.0. The van der Waals surface area contributed by atoms with Crippen molar-refractivity contribution in [1.82, 2.24) is 4.90 Å². The average molecular weight is 309 g/mol. The first-order valence-electron chi connectivity index (χ1n) is 7.30. The molecule has 21 heavy (non-hydrogen) atoms. The van der Waals surface area contributed by atoms with Gasteiger partial charge in [-0.3, -0.25) is 9.59 Å². The van der Waals surface area contributed by atoms with Gasteiger partial charge in [-0.25, -0.2) is 0 Å². The molecule has 0 spiro atoms. The molecule has 1 aliphatic rings. The van der Waals surface area contributed by atoms with Crippen molar-refractivity contribution in [3.05, 3.63) is 28.8 Å². The summed E-state index contributed by atoms with van der Waals surface area (Å²) in [6.07, 6.45) is 4.24. The molecule has 0 heterocycles. The Morgan fingerprint density at radius 2 is 2.00 bits per heavy atom. The van der Waals surface area contributed by atoms with Crippen molar-refractivity contribution in [1.29, 1.82) is 0 Å². The zero-order valence-electron chi connectivity index (χ0n) is 12.5.